The third-order valence-electron chi connectivity index (χ3n) is 4.81. The van der Waals surface area contributed by atoms with E-state index in [4.69, 9.17) is 10.3 Å². The lowest BCUT2D eigenvalue weighted by Gasteiger charge is -2.08. The lowest BCUT2D eigenvalue weighted by molar-refractivity contribution is 0.559. The maximum atomic E-state index is 12.0. The number of benzene rings is 1. The van der Waals surface area contributed by atoms with E-state index in [2.05, 4.69) is 16.3 Å². The van der Waals surface area contributed by atoms with Crippen LogP contribution < -0.4 is 11.5 Å². The molecule has 0 unspecified atom stereocenters. The van der Waals surface area contributed by atoms with E-state index < -0.39 is 0 Å². The minimum absolute atomic E-state index is 0.329. The first kappa shape index (κ1) is 16.6. The largest absolute Gasteiger partial charge is 0.423 e. The summed E-state index contributed by atoms with van der Waals surface area (Å²) >= 11 is 3.03. The number of aryl methyl sites for hydroxylation is 2. The first-order valence-corrected chi connectivity index (χ1v) is 10.5. The van der Waals surface area contributed by atoms with Crippen molar-refractivity contribution in [3.63, 3.8) is 0 Å². The molecule has 0 atom stereocenters. The van der Waals surface area contributed by atoms with Crippen molar-refractivity contribution in [2.75, 3.05) is 5.84 Å². The number of hydrogen-bond acceptors (Lipinski definition) is 7. The zero-order chi connectivity index (χ0) is 18.4. The van der Waals surface area contributed by atoms with Gasteiger partial charge in [0.25, 0.3) is 0 Å². The van der Waals surface area contributed by atoms with Crippen LogP contribution in [0.3, 0.4) is 0 Å². The molecule has 8 heteroatoms. The molecule has 0 radical (unpaired) electrons. The van der Waals surface area contributed by atoms with Crippen LogP contribution in [0, 0.1) is 0 Å². The first-order valence-electron chi connectivity index (χ1n) is 8.65. The van der Waals surface area contributed by atoms with Gasteiger partial charge in [-0.25, -0.2) is 9.47 Å². The van der Waals surface area contributed by atoms with Gasteiger partial charge >= 0.3 is 5.63 Å². The number of hydrogen-bond donors (Lipinski definition) is 1. The third kappa shape index (κ3) is 2.94. The molecule has 2 N–H and O–H groups in total. The van der Waals surface area contributed by atoms with E-state index in [1.807, 2.05) is 23.6 Å². The highest BCUT2D eigenvalue weighted by molar-refractivity contribution is 7.98. The van der Waals surface area contributed by atoms with Gasteiger partial charge in [-0.05, 0) is 59.5 Å². The fourth-order valence-corrected chi connectivity index (χ4v) is 5.06. The molecule has 5 rings (SSSR count). The molecule has 0 bridgehead atoms. The van der Waals surface area contributed by atoms with E-state index in [9.17, 15) is 4.79 Å². The van der Waals surface area contributed by atoms with Gasteiger partial charge in [-0.1, -0.05) is 17.8 Å². The number of thiophene rings is 1. The Hall–Kier alpha value is -2.58. The molecule has 136 valence electrons. The molecule has 0 saturated heterocycles. The van der Waals surface area contributed by atoms with Crippen LogP contribution in [-0.2, 0) is 18.6 Å². The normalized spacial score (nSPS) is 13.3. The van der Waals surface area contributed by atoms with Crippen molar-refractivity contribution in [1.29, 1.82) is 0 Å². The second kappa shape index (κ2) is 6.54. The van der Waals surface area contributed by atoms with Crippen molar-refractivity contribution in [3.8, 4) is 10.7 Å². The summed E-state index contributed by atoms with van der Waals surface area (Å²) in [6, 6.07) is 9.67. The molecule has 0 spiro atoms. The van der Waals surface area contributed by atoms with Gasteiger partial charge in [0, 0.05) is 17.2 Å². The zero-order valence-corrected chi connectivity index (χ0v) is 16.0. The number of fused-ring (bicyclic) bond motifs is 2. The fourth-order valence-electron chi connectivity index (χ4n) is 3.51. The smallest absolute Gasteiger partial charge is 0.336 e. The van der Waals surface area contributed by atoms with Crippen LogP contribution in [0.4, 0.5) is 0 Å². The Balaban J connectivity index is 1.48. The monoisotopic (exact) mass is 396 g/mol. The highest BCUT2D eigenvalue weighted by atomic mass is 32.2. The summed E-state index contributed by atoms with van der Waals surface area (Å²) in [6.07, 6.45) is 3.29. The molecular formula is C19H16N4O2S2. The van der Waals surface area contributed by atoms with Crippen LogP contribution in [0.15, 0.2) is 50.1 Å². The molecular weight excluding hydrogens is 380 g/mol. The summed E-state index contributed by atoms with van der Waals surface area (Å²) in [6.45, 7) is 0. The molecule has 6 nitrogen and oxygen atoms in total. The van der Waals surface area contributed by atoms with Crippen molar-refractivity contribution in [2.24, 2.45) is 0 Å². The van der Waals surface area contributed by atoms with Gasteiger partial charge in [-0.15, -0.1) is 21.5 Å². The zero-order valence-electron chi connectivity index (χ0n) is 14.3. The second-order valence-electron chi connectivity index (χ2n) is 6.50. The minimum Gasteiger partial charge on any atom is -0.423 e. The molecule has 1 aliphatic rings. The van der Waals surface area contributed by atoms with Crippen molar-refractivity contribution < 1.29 is 4.42 Å². The average molecular weight is 396 g/mol. The summed E-state index contributed by atoms with van der Waals surface area (Å²) in [5.74, 6) is 7.38. The van der Waals surface area contributed by atoms with Crippen LogP contribution >= 0.6 is 23.1 Å². The lowest BCUT2D eigenvalue weighted by atomic mass is 10.0. The van der Waals surface area contributed by atoms with Crippen LogP contribution in [0.1, 0.15) is 23.1 Å². The van der Waals surface area contributed by atoms with E-state index in [-0.39, 0.29) is 5.63 Å². The van der Waals surface area contributed by atoms with Gasteiger partial charge in [0.1, 0.15) is 5.58 Å². The molecule has 1 aromatic carbocycles. The molecule has 1 aliphatic carbocycles. The summed E-state index contributed by atoms with van der Waals surface area (Å²) in [5, 5.41) is 12.0. The van der Waals surface area contributed by atoms with E-state index in [1.165, 1.54) is 27.6 Å². The Bertz CT molecular complexity index is 1190. The number of thioether (sulfide) groups is 1. The number of aromatic nitrogens is 3. The van der Waals surface area contributed by atoms with Crippen LogP contribution in [0.25, 0.3) is 21.7 Å². The molecule has 0 saturated carbocycles. The van der Waals surface area contributed by atoms with Crippen molar-refractivity contribution in [1.82, 2.24) is 14.9 Å². The Morgan fingerprint density at radius 1 is 1.22 bits per heavy atom. The third-order valence-corrected chi connectivity index (χ3v) is 6.66. The molecule has 0 fully saturated rings. The Morgan fingerprint density at radius 2 is 2.07 bits per heavy atom. The number of nitrogen functional groups attached to an aromatic ring is 1. The first-order chi connectivity index (χ1) is 13.2. The summed E-state index contributed by atoms with van der Waals surface area (Å²) in [7, 11) is 0. The van der Waals surface area contributed by atoms with Gasteiger partial charge in [0.05, 0.1) is 4.88 Å². The lowest BCUT2D eigenvalue weighted by Crippen LogP contribution is -2.11. The summed E-state index contributed by atoms with van der Waals surface area (Å²) < 4.78 is 6.94. The van der Waals surface area contributed by atoms with Crippen molar-refractivity contribution in [3.05, 3.63) is 62.8 Å². The van der Waals surface area contributed by atoms with Crippen LogP contribution in [0.5, 0.6) is 0 Å². The molecule has 27 heavy (non-hydrogen) atoms. The average Bonchev–Trinajstić information content (AvgIpc) is 3.39. The molecule has 0 amide bonds. The molecule has 4 aromatic rings. The SMILES string of the molecule is Nn1c(SCc2cc(=O)oc3cc4c(cc23)CCC4)nnc1-c1cccs1. The number of rotatable bonds is 4. The van der Waals surface area contributed by atoms with E-state index >= 15 is 0 Å². The van der Waals surface area contributed by atoms with Gasteiger partial charge in [-0.3, -0.25) is 0 Å². The molecule has 3 heterocycles. The van der Waals surface area contributed by atoms with Crippen LogP contribution in [0.2, 0.25) is 0 Å². The number of nitrogens with zero attached hydrogens (tertiary/aromatic N) is 3. The summed E-state index contributed by atoms with van der Waals surface area (Å²) in [5.41, 5.74) is 3.90. The van der Waals surface area contributed by atoms with Gasteiger partial charge in [0.2, 0.25) is 5.16 Å². The van der Waals surface area contributed by atoms with Crippen molar-refractivity contribution in [2.45, 2.75) is 30.2 Å². The standard InChI is InChI=1S/C19H16N4O2S2/c20-23-18(16-5-2-6-26-16)21-22-19(23)27-10-13-9-17(24)25-15-8-12-4-1-3-11(12)7-14(13)15/h2,5-9H,1,3-4,10,20H2. The Labute approximate surface area is 163 Å². The second-order valence-corrected chi connectivity index (χ2v) is 8.39. The maximum absolute atomic E-state index is 12.0. The topological polar surface area (TPSA) is 86.9 Å². The van der Waals surface area contributed by atoms with Gasteiger partial charge < -0.3 is 10.3 Å². The minimum atomic E-state index is -0.329. The maximum Gasteiger partial charge on any atom is 0.336 e. The highest BCUT2D eigenvalue weighted by Crippen LogP contribution is 2.32. The fraction of sp³-hybridized carbons (Fsp3) is 0.211. The molecule has 3 aromatic heterocycles. The Morgan fingerprint density at radius 3 is 2.89 bits per heavy atom. The molecule has 0 aliphatic heterocycles. The van der Waals surface area contributed by atoms with E-state index in [1.54, 1.807) is 17.4 Å². The van der Waals surface area contributed by atoms with Gasteiger partial charge in [0.15, 0.2) is 5.82 Å². The highest BCUT2D eigenvalue weighted by Gasteiger charge is 2.17. The predicted molar refractivity (Wildman–Crippen MR) is 108 cm³/mol. The van der Waals surface area contributed by atoms with E-state index in [0.717, 1.165) is 35.1 Å². The number of nitrogens with two attached hydrogens (primary N) is 1. The Kier molecular flexibility index (Phi) is 4.02. The quantitative estimate of drug-likeness (QED) is 0.322. The van der Waals surface area contributed by atoms with Crippen molar-refractivity contribution >= 4 is 34.1 Å². The van der Waals surface area contributed by atoms with E-state index in [0.29, 0.717) is 22.3 Å². The summed E-state index contributed by atoms with van der Waals surface area (Å²) in [4.78, 5) is 13.0. The van der Waals surface area contributed by atoms with Crippen LogP contribution in [-0.4, -0.2) is 14.9 Å². The van der Waals surface area contributed by atoms with Gasteiger partial charge in [-0.2, -0.15) is 0 Å². The predicted octanol–water partition coefficient (Wildman–Crippen LogP) is 3.61.